The minimum Gasteiger partial charge on any atom is -0.462 e. The van der Waals surface area contributed by atoms with Gasteiger partial charge < -0.3 is 9.47 Å². The zero-order chi connectivity index (χ0) is 14.9. The van der Waals surface area contributed by atoms with Crippen LogP contribution >= 0.6 is 15.9 Å². The SMILES string of the molecule is CC1(C)COC(=O)[C@@H]1OC(=O)[C@@H](Br)c1ccc(F)cc1. The minimum atomic E-state index is -0.921. The highest BCUT2D eigenvalue weighted by Crippen LogP contribution is 2.33. The number of ether oxygens (including phenoxy) is 2. The minimum absolute atomic E-state index is 0.216. The van der Waals surface area contributed by atoms with E-state index in [1.807, 2.05) is 0 Å². The van der Waals surface area contributed by atoms with Crippen LogP contribution in [0.25, 0.3) is 0 Å². The first kappa shape index (κ1) is 15.0. The molecular formula is C14H14BrFO4. The van der Waals surface area contributed by atoms with E-state index < -0.39 is 28.3 Å². The summed E-state index contributed by atoms with van der Waals surface area (Å²) in [7, 11) is 0. The van der Waals surface area contributed by atoms with Crippen LogP contribution in [0, 0.1) is 11.2 Å². The van der Waals surface area contributed by atoms with Gasteiger partial charge in [0.25, 0.3) is 0 Å². The molecule has 0 saturated carbocycles. The van der Waals surface area contributed by atoms with Crippen LogP contribution in [0.1, 0.15) is 24.2 Å². The third-order valence-corrected chi connectivity index (χ3v) is 4.02. The molecular weight excluding hydrogens is 331 g/mol. The Morgan fingerprint density at radius 3 is 2.55 bits per heavy atom. The Bertz CT molecular complexity index is 526. The number of hydrogen-bond acceptors (Lipinski definition) is 4. The number of halogens is 2. The molecule has 0 spiro atoms. The van der Waals surface area contributed by atoms with Gasteiger partial charge in [0.15, 0.2) is 0 Å². The second-order valence-corrected chi connectivity index (χ2v) is 6.24. The monoisotopic (exact) mass is 344 g/mol. The van der Waals surface area contributed by atoms with E-state index in [9.17, 15) is 14.0 Å². The van der Waals surface area contributed by atoms with Gasteiger partial charge in [0.1, 0.15) is 17.3 Å². The van der Waals surface area contributed by atoms with Gasteiger partial charge in [-0.05, 0) is 17.7 Å². The molecule has 6 heteroatoms. The van der Waals surface area contributed by atoms with Gasteiger partial charge in [0, 0.05) is 5.41 Å². The molecule has 1 aromatic carbocycles. The van der Waals surface area contributed by atoms with E-state index in [4.69, 9.17) is 9.47 Å². The van der Waals surface area contributed by atoms with E-state index in [2.05, 4.69) is 15.9 Å². The fourth-order valence-electron chi connectivity index (χ4n) is 1.88. The molecule has 0 radical (unpaired) electrons. The van der Waals surface area contributed by atoms with Crippen LogP contribution in [0.4, 0.5) is 4.39 Å². The number of benzene rings is 1. The summed E-state index contributed by atoms with van der Waals surface area (Å²) in [5.41, 5.74) is 0.00277. The van der Waals surface area contributed by atoms with Crippen LogP contribution in [-0.4, -0.2) is 24.6 Å². The molecule has 0 aromatic heterocycles. The van der Waals surface area contributed by atoms with Crippen molar-refractivity contribution >= 4 is 27.9 Å². The summed E-state index contributed by atoms with van der Waals surface area (Å²) in [5, 5.41) is 0. The summed E-state index contributed by atoms with van der Waals surface area (Å²) in [6, 6.07) is 5.47. The molecule has 4 nitrogen and oxygen atoms in total. The first-order valence-electron chi connectivity index (χ1n) is 6.08. The summed E-state index contributed by atoms with van der Waals surface area (Å²) in [4.78, 5) is 22.9. The highest BCUT2D eigenvalue weighted by molar-refractivity contribution is 9.09. The van der Waals surface area contributed by atoms with Crippen LogP contribution in [0.3, 0.4) is 0 Å². The number of carbonyl (C=O) groups excluding carboxylic acids is 2. The van der Waals surface area contributed by atoms with Crippen molar-refractivity contribution in [3.63, 3.8) is 0 Å². The van der Waals surface area contributed by atoms with Crippen molar-refractivity contribution in [2.24, 2.45) is 5.41 Å². The molecule has 0 aliphatic carbocycles. The third kappa shape index (κ3) is 3.00. The van der Waals surface area contributed by atoms with Crippen molar-refractivity contribution < 1.29 is 23.5 Å². The molecule has 2 atom stereocenters. The Kier molecular flexibility index (Phi) is 4.13. The van der Waals surface area contributed by atoms with Gasteiger partial charge in [-0.3, -0.25) is 4.79 Å². The molecule has 20 heavy (non-hydrogen) atoms. The van der Waals surface area contributed by atoms with Gasteiger partial charge >= 0.3 is 11.9 Å². The highest BCUT2D eigenvalue weighted by Gasteiger charge is 2.47. The molecule has 108 valence electrons. The highest BCUT2D eigenvalue weighted by atomic mass is 79.9. The Morgan fingerprint density at radius 1 is 1.45 bits per heavy atom. The summed E-state index contributed by atoms with van der Waals surface area (Å²) < 4.78 is 23.0. The van der Waals surface area contributed by atoms with Crippen LogP contribution in [-0.2, 0) is 19.1 Å². The van der Waals surface area contributed by atoms with Crippen LogP contribution in [0.15, 0.2) is 24.3 Å². The quantitative estimate of drug-likeness (QED) is 0.624. The summed E-state index contributed by atoms with van der Waals surface area (Å²) in [5.74, 6) is -1.53. The first-order valence-corrected chi connectivity index (χ1v) is 6.99. The predicted octanol–water partition coefficient (Wildman–Crippen LogP) is 2.76. The van der Waals surface area contributed by atoms with Crippen molar-refractivity contribution in [3.8, 4) is 0 Å². The van der Waals surface area contributed by atoms with Crippen molar-refractivity contribution in [1.29, 1.82) is 0 Å². The molecule has 0 N–H and O–H groups in total. The Hall–Kier alpha value is -1.43. The molecule has 0 unspecified atom stereocenters. The second kappa shape index (κ2) is 5.52. The van der Waals surface area contributed by atoms with E-state index in [1.165, 1.54) is 24.3 Å². The maximum Gasteiger partial charge on any atom is 0.348 e. The Labute approximate surface area is 124 Å². The largest absolute Gasteiger partial charge is 0.462 e. The van der Waals surface area contributed by atoms with E-state index in [-0.39, 0.29) is 12.4 Å². The molecule has 1 saturated heterocycles. The number of hydrogen-bond donors (Lipinski definition) is 0. The number of carbonyl (C=O) groups is 2. The van der Waals surface area contributed by atoms with E-state index in [0.717, 1.165) is 0 Å². The molecule has 0 bridgehead atoms. The fourth-order valence-corrected chi connectivity index (χ4v) is 2.29. The summed E-state index contributed by atoms with van der Waals surface area (Å²) in [6.07, 6.45) is -0.921. The Morgan fingerprint density at radius 2 is 2.05 bits per heavy atom. The standard InChI is InChI=1S/C14H14BrFO4/c1-14(2)7-19-13(18)11(14)20-12(17)10(15)8-3-5-9(16)6-4-8/h3-6,10-11H,7H2,1-2H3/t10-,11-/m0/s1. The molecule has 1 aromatic rings. The lowest BCUT2D eigenvalue weighted by molar-refractivity contribution is -0.162. The lowest BCUT2D eigenvalue weighted by Gasteiger charge is -2.22. The van der Waals surface area contributed by atoms with Gasteiger partial charge in [-0.1, -0.05) is 41.9 Å². The van der Waals surface area contributed by atoms with Crippen molar-refractivity contribution in [2.75, 3.05) is 6.61 Å². The smallest absolute Gasteiger partial charge is 0.348 e. The average molecular weight is 345 g/mol. The van der Waals surface area contributed by atoms with Crippen LogP contribution in [0.2, 0.25) is 0 Å². The maximum atomic E-state index is 12.8. The topological polar surface area (TPSA) is 52.6 Å². The fraction of sp³-hybridized carbons (Fsp3) is 0.429. The van der Waals surface area contributed by atoms with E-state index in [1.54, 1.807) is 13.8 Å². The van der Waals surface area contributed by atoms with E-state index >= 15 is 0 Å². The molecule has 1 aliphatic heterocycles. The molecule has 2 rings (SSSR count). The number of esters is 2. The number of rotatable bonds is 3. The molecule has 1 aliphatic rings. The summed E-state index contributed by atoms with van der Waals surface area (Å²) in [6.45, 7) is 3.79. The van der Waals surface area contributed by atoms with Gasteiger partial charge in [-0.15, -0.1) is 0 Å². The zero-order valence-corrected chi connectivity index (χ0v) is 12.6. The Balaban J connectivity index is 2.08. The number of alkyl halides is 1. The van der Waals surface area contributed by atoms with E-state index in [0.29, 0.717) is 5.56 Å². The summed E-state index contributed by atoms with van der Waals surface area (Å²) >= 11 is 3.19. The van der Waals surface area contributed by atoms with Crippen molar-refractivity contribution in [3.05, 3.63) is 35.6 Å². The average Bonchev–Trinajstić information content (AvgIpc) is 2.65. The zero-order valence-electron chi connectivity index (χ0n) is 11.1. The second-order valence-electron chi connectivity index (χ2n) is 5.33. The van der Waals surface area contributed by atoms with Crippen LogP contribution in [0.5, 0.6) is 0 Å². The molecule has 1 fully saturated rings. The first-order chi connectivity index (χ1) is 9.31. The predicted molar refractivity (Wildman–Crippen MR) is 72.7 cm³/mol. The van der Waals surface area contributed by atoms with Crippen LogP contribution < -0.4 is 0 Å². The number of cyclic esters (lactones) is 1. The maximum absolute atomic E-state index is 12.8. The van der Waals surface area contributed by atoms with Gasteiger partial charge in [0.05, 0.1) is 0 Å². The molecule has 0 amide bonds. The van der Waals surface area contributed by atoms with Gasteiger partial charge in [0.2, 0.25) is 6.10 Å². The van der Waals surface area contributed by atoms with Crippen molar-refractivity contribution in [1.82, 2.24) is 0 Å². The van der Waals surface area contributed by atoms with Crippen molar-refractivity contribution in [2.45, 2.75) is 24.8 Å². The normalized spacial score (nSPS) is 22.2. The lowest BCUT2D eigenvalue weighted by atomic mass is 9.90. The molecule has 1 heterocycles. The van der Waals surface area contributed by atoms with Gasteiger partial charge in [-0.2, -0.15) is 0 Å². The third-order valence-electron chi connectivity index (χ3n) is 3.11. The lowest BCUT2D eigenvalue weighted by Crippen LogP contribution is -2.35. The van der Waals surface area contributed by atoms with Gasteiger partial charge in [-0.25, -0.2) is 9.18 Å².